The number of nitrogens with one attached hydrogen (secondary N) is 1. The Morgan fingerprint density at radius 1 is 1.00 bits per heavy atom. The Labute approximate surface area is 178 Å². The summed E-state index contributed by atoms with van der Waals surface area (Å²) in [5.41, 5.74) is 1.56. The number of hydrogen-bond acceptors (Lipinski definition) is 4. The highest BCUT2D eigenvalue weighted by Gasteiger charge is 2.46. The highest BCUT2D eigenvalue weighted by molar-refractivity contribution is 6.22. The van der Waals surface area contributed by atoms with E-state index >= 15 is 0 Å². The highest BCUT2D eigenvalue weighted by Crippen LogP contribution is 2.28. The first-order chi connectivity index (χ1) is 15.0. The average Bonchev–Trinajstić information content (AvgIpc) is 3.00. The summed E-state index contributed by atoms with van der Waals surface area (Å²) in [6, 6.07) is 15.9. The molecular formula is C23H19FN4O3. The fraction of sp³-hybridized carbons (Fsp3) is 0.130. The normalized spacial score (nSPS) is 16.0. The van der Waals surface area contributed by atoms with Gasteiger partial charge in [-0.05, 0) is 48.0 Å². The SMILES string of the molecule is O=C(CC1C(=O)N(c2ccc(F)cc2)C(=O)N1Cc1cccnc1)Nc1ccccc1. The molecule has 4 amide bonds. The molecule has 0 spiro atoms. The number of anilines is 2. The summed E-state index contributed by atoms with van der Waals surface area (Å²) in [5, 5.41) is 2.74. The van der Waals surface area contributed by atoms with Crippen molar-refractivity contribution < 1.29 is 18.8 Å². The van der Waals surface area contributed by atoms with Crippen molar-refractivity contribution in [2.75, 3.05) is 10.2 Å². The maximum atomic E-state index is 13.3. The third-order valence-corrected chi connectivity index (χ3v) is 4.92. The van der Waals surface area contributed by atoms with Gasteiger partial charge < -0.3 is 10.2 Å². The van der Waals surface area contributed by atoms with Crippen molar-refractivity contribution in [3.63, 3.8) is 0 Å². The lowest BCUT2D eigenvalue weighted by atomic mass is 10.1. The quantitative estimate of drug-likeness (QED) is 0.621. The van der Waals surface area contributed by atoms with Gasteiger partial charge in [-0.15, -0.1) is 0 Å². The number of nitrogens with zero attached hydrogens (tertiary/aromatic N) is 3. The number of aromatic nitrogens is 1. The number of urea groups is 1. The average molecular weight is 418 g/mol. The molecule has 0 saturated carbocycles. The topological polar surface area (TPSA) is 82.6 Å². The lowest BCUT2D eigenvalue weighted by Gasteiger charge is -2.21. The molecule has 4 rings (SSSR count). The smallest absolute Gasteiger partial charge is 0.326 e. The summed E-state index contributed by atoms with van der Waals surface area (Å²) in [4.78, 5) is 45.3. The zero-order valence-electron chi connectivity index (χ0n) is 16.4. The van der Waals surface area contributed by atoms with Crippen LogP contribution in [0.2, 0.25) is 0 Å². The lowest BCUT2D eigenvalue weighted by molar-refractivity contribution is -0.124. The van der Waals surface area contributed by atoms with Gasteiger partial charge in [-0.25, -0.2) is 14.1 Å². The Hall–Kier alpha value is -4.07. The van der Waals surface area contributed by atoms with Gasteiger partial charge in [0.2, 0.25) is 5.91 Å². The number of rotatable bonds is 6. The lowest BCUT2D eigenvalue weighted by Crippen LogP contribution is -2.37. The molecule has 31 heavy (non-hydrogen) atoms. The third kappa shape index (κ3) is 4.42. The number of halogens is 1. The standard InChI is InChI=1S/C23H19FN4O3/c24-17-8-10-19(11-9-17)28-22(30)20(13-21(29)26-18-6-2-1-3-7-18)27(23(28)31)15-16-5-4-12-25-14-16/h1-12,14,20H,13,15H2,(H,26,29). The van der Waals surface area contributed by atoms with Gasteiger partial charge in [-0.1, -0.05) is 24.3 Å². The second-order valence-corrected chi connectivity index (χ2v) is 7.06. The van der Waals surface area contributed by atoms with Gasteiger partial charge in [-0.2, -0.15) is 0 Å². The van der Waals surface area contributed by atoms with Crippen LogP contribution in [0.4, 0.5) is 20.6 Å². The van der Waals surface area contributed by atoms with Crippen LogP contribution < -0.4 is 10.2 Å². The van der Waals surface area contributed by atoms with Crippen molar-refractivity contribution in [3.05, 3.63) is 90.5 Å². The Balaban J connectivity index is 1.60. The molecule has 2 heterocycles. The molecule has 1 aliphatic heterocycles. The first kappa shape index (κ1) is 20.2. The maximum Gasteiger partial charge on any atom is 0.332 e. The molecule has 7 nitrogen and oxygen atoms in total. The fourth-order valence-electron chi connectivity index (χ4n) is 3.44. The van der Waals surface area contributed by atoms with Crippen LogP contribution in [-0.4, -0.2) is 33.8 Å². The van der Waals surface area contributed by atoms with E-state index in [-0.39, 0.29) is 18.7 Å². The Bertz CT molecular complexity index is 1090. The van der Waals surface area contributed by atoms with E-state index in [0.717, 1.165) is 10.5 Å². The van der Waals surface area contributed by atoms with Crippen molar-refractivity contribution >= 4 is 29.2 Å². The van der Waals surface area contributed by atoms with Crippen molar-refractivity contribution in [3.8, 4) is 0 Å². The van der Waals surface area contributed by atoms with Crippen molar-refractivity contribution in [2.24, 2.45) is 0 Å². The van der Waals surface area contributed by atoms with Crippen LogP contribution in [-0.2, 0) is 16.1 Å². The molecule has 1 atom stereocenters. The summed E-state index contributed by atoms with van der Waals surface area (Å²) in [6.07, 6.45) is 2.99. The van der Waals surface area contributed by atoms with Gasteiger partial charge in [0.25, 0.3) is 5.91 Å². The van der Waals surface area contributed by atoms with Crippen LogP contribution in [0.5, 0.6) is 0 Å². The van der Waals surface area contributed by atoms with E-state index in [1.807, 2.05) is 6.07 Å². The van der Waals surface area contributed by atoms with E-state index in [9.17, 15) is 18.8 Å². The van der Waals surface area contributed by atoms with E-state index in [4.69, 9.17) is 0 Å². The first-order valence-corrected chi connectivity index (χ1v) is 9.67. The number of carbonyl (C=O) groups excluding carboxylic acids is 3. The minimum atomic E-state index is -0.999. The second kappa shape index (κ2) is 8.74. The number of para-hydroxylation sites is 1. The summed E-state index contributed by atoms with van der Waals surface area (Å²) in [6.45, 7) is 0.111. The number of benzene rings is 2. The van der Waals surface area contributed by atoms with Crippen molar-refractivity contribution in [1.82, 2.24) is 9.88 Å². The van der Waals surface area contributed by atoms with E-state index in [2.05, 4.69) is 10.3 Å². The molecule has 156 valence electrons. The van der Waals surface area contributed by atoms with Gasteiger partial charge >= 0.3 is 6.03 Å². The number of carbonyl (C=O) groups is 3. The molecule has 8 heteroatoms. The molecule has 1 aromatic heterocycles. The fourth-order valence-corrected chi connectivity index (χ4v) is 3.44. The minimum Gasteiger partial charge on any atom is -0.326 e. The predicted octanol–water partition coefficient (Wildman–Crippen LogP) is 3.59. The molecule has 0 aliphatic carbocycles. The highest BCUT2D eigenvalue weighted by atomic mass is 19.1. The number of amides is 4. The molecule has 1 aliphatic rings. The summed E-state index contributed by atoms with van der Waals surface area (Å²) in [7, 11) is 0. The van der Waals surface area contributed by atoms with Gasteiger partial charge in [0.1, 0.15) is 11.9 Å². The number of imide groups is 1. The van der Waals surface area contributed by atoms with E-state index < -0.39 is 29.7 Å². The Morgan fingerprint density at radius 3 is 2.42 bits per heavy atom. The van der Waals surface area contributed by atoms with Crippen LogP contribution in [0.15, 0.2) is 79.1 Å². The number of hydrogen-bond donors (Lipinski definition) is 1. The van der Waals surface area contributed by atoms with E-state index in [1.165, 1.54) is 29.2 Å². The van der Waals surface area contributed by atoms with Crippen LogP contribution in [0.25, 0.3) is 0 Å². The molecule has 0 bridgehead atoms. The predicted molar refractivity (Wildman–Crippen MR) is 113 cm³/mol. The Morgan fingerprint density at radius 2 is 1.74 bits per heavy atom. The van der Waals surface area contributed by atoms with E-state index in [0.29, 0.717) is 5.69 Å². The monoisotopic (exact) mass is 418 g/mol. The summed E-state index contributed by atoms with van der Waals surface area (Å²) < 4.78 is 13.3. The zero-order chi connectivity index (χ0) is 21.8. The molecule has 3 aromatic rings. The largest absolute Gasteiger partial charge is 0.332 e. The van der Waals surface area contributed by atoms with E-state index in [1.54, 1.807) is 48.8 Å². The van der Waals surface area contributed by atoms with Gasteiger partial charge in [0.15, 0.2) is 0 Å². The van der Waals surface area contributed by atoms with Crippen molar-refractivity contribution in [2.45, 2.75) is 19.0 Å². The minimum absolute atomic E-state index is 0.111. The zero-order valence-corrected chi connectivity index (χ0v) is 16.4. The second-order valence-electron chi connectivity index (χ2n) is 7.06. The maximum absolute atomic E-state index is 13.3. The van der Waals surface area contributed by atoms with Crippen LogP contribution >= 0.6 is 0 Å². The molecule has 0 radical (unpaired) electrons. The third-order valence-electron chi connectivity index (χ3n) is 4.92. The molecular weight excluding hydrogens is 399 g/mol. The molecule has 1 fully saturated rings. The molecule has 2 aromatic carbocycles. The Kier molecular flexibility index (Phi) is 5.70. The van der Waals surface area contributed by atoms with Gasteiger partial charge in [0, 0.05) is 24.6 Å². The first-order valence-electron chi connectivity index (χ1n) is 9.67. The summed E-state index contributed by atoms with van der Waals surface area (Å²) in [5.74, 6) is -1.41. The number of pyridine rings is 1. The molecule has 1 unspecified atom stereocenters. The van der Waals surface area contributed by atoms with Crippen LogP contribution in [0.3, 0.4) is 0 Å². The van der Waals surface area contributed by atoms with Gasteiger partial charge in [0.05, 0.1) is 12.1 Å². The summed E-state index contributed by atoms with van der Waals surface area (Å²) >= 11 is 0. The van der Waals surface area contributed by atoms with Crippen LogP contribution in [0, 0.1) is 5.82 Å². The molecule has 1 N–H and O–H groups in total. The molecule has 1 saturated heterocycles. The van der Waals surface area contributed by atoms with Crippen molar-refractivity contribution in [1.29, 1.82) is 0 Å². The van der Waals surface area contributed by atoms with Gasteiger partial charge in [-0.3, -0.25) is 14.6 Å². The van der Waals surface area contributed by atoms with Crippen LogP contribution in [0.1, 0.15) is 12.0 Å².